The molecule has 0 bridgehead atoms. The van der Waals surface area contributed by atoms with Gasteiger partial charge in [0.1, 0.15) is 29.9 Å². The van der Waals surface area contributed by atoms with E-state index in [-0.39, 0.29) is 44.6 Å². The van der Waals surface area contributed by atoms with Crippen molar-refractivity contribution in [1.82, 2.24) is 15.2 Å². The van der Waals surface area contributed by atoms with E-state index in [1.807, 2.05) is 0 Å². The lowest BCUT2D eigenvalue weighted by atomic mass is 10.0. The van der Waals surface area contributed by atoms with Gasteiger partial charge in [0.25, 0.3) is 16.9 Å². The zero-order valence-electron chi connectivity index (χ0n) is 17.4. The number of nitrogens with two attached hydrogens (primary N) is 1. The highest BCUT2D eigenvalue weighted by Crippen LogP contribution is 2.41. The smallest absolute Gasteiger partial charge is 0.352 e. The monoisotopic (exact) mass is 523 g/mol. The quantitative estimate of drug-likeness (QED) is 0.255. The number of hydrogen-bond acceptors (Lipinski definition) is 12. The number of thiazole rings is 1. The van der Waals surface area contributed by atoms with Crippen LogP contribution in [0.15, 0.2) is 44.6 Å². The molecule has 0 radical (unpaired) electrons. The number of hydrogen-bond donors (Lipinski definition) is 3. The van der Waals surface area contributed by atoms with Crippen LogP contribution in [0.3, 0.4) is 0 Å². The number of β-lactam (4-membered cyclic amide) rings is 1. The number of furan rings is 1. The summed E-state index contributed by atoms with van der Waals surface area (Å²) in [5, 5.41) is 16.8. The fraction of sp³-hybridized carbons (Fsp3) is 0.263. The third kappa shape index (κ3) is 4.53. The maximum Gasteiger partial charge on any atom is 0.352 e. The molecule has 12 nitrogen and oxygen atoms in total. The zero-order chi connectivity index (χ0) is 24.4. The summed E-state index contributed by atoms with van der Waals surface area (Å²) in [6.45, 7) is 0. The van der Waals surface area contributed by atoms with Crippen LogP contribution in [0.25, 0.3) is 0 Å². The Balaban J connectivity index is 1.47. The van der Waals surface area contributed by atoms with E-state index < -0.39 is 29.2 Å². The molecule has 0 spiro atoms. The third-order valence-corrected chi connectivity index (χ3v) is 7.77. The Morgan fingerprint density at radius 3 is 2.88 bits per heavy atom. The van der Waals surface area contributed by atoms with Gasteiger partial charge in [-0.25, -0.2) is 9.78 Å². The summed E-state index contributed by atoms with van der Waals surface area (Å²) in [5.41, 5.74) is 5.89. The van der Waals surface area contributed by atoms with Gasteiger partial charge in [-0.2, -0.15) is 0 Å². The van der Waals surface area contributed by atoms with Crippen LogP contribution in [-0.2, 0) is 19.2 Å². The summed E-state index contributed by atoms with van der Waals surface area (Å²) >= 11 is 3.29. The minimum atomic E-state index is -1.29. The molecule has 4 rings (SSSR count). The van der Waals surface area contributed by atoms with Crippen molar-refractivity contribution in [1.29, 1.82) is 0 Å². The maximum absolute atomic E-state index is 12.8. The normalized spacial score (nSPS) is 20.0. The fourth-order valence-electron chi connectivity index (χ4n) is 3.31. The van der Waals surface area contributed by atoms with E-state index in [9.17, 15) is 24.3 Å². The Kier molecular flexibility index (Phi) is 6.95. The Morgan fingerprint density at radius 1 is 1.47 bits per heavy atom. The number of fused-ring (bicyclic) bond motifs is 1. The molecule has 1 unspecified atom stereocenters. The van der Waals surface area contributed by atoms with Crippen molar-refractivity contribution in [2.45, 2.75) is 11.4 Å². The van der Waals surface area contributed by atoms with Gasteiger partial charge in [-0.15, -0.1) is 23.1 Å². The number of carboxylic acids is 1. The number of nitrogens with zero attached hydrogens (tertiary/aromatic N) is 3. The maximum atomic E-state index is 12.8. The molecule has 34 heavy (non-hydrogen) atoms. The molecule has 2 aliphatic rings. The lowest BCUT2D eigenvalue weighted by Gasteiger charge is -2.49. The molecule has 0 saturated carbocycles. The SMILES string of the molecule is CO/N=C(\C(=O)NC1C(=O)N2C(C(=O)O)=C(CSC(=O)c3ccco3)CS[C@@H]12)c1csc(N)n1. The molecule has 0 aromatic carbocycles. The molecule has 1 fully saturated rings. The molecule has 4 N–H and O–H groups in total. The van der Waals surface area contributed by atoms with Gasteiger partial charge in [0.2, 0.25) is 0 Å². The highest BCUT2D eigenvalue weighted by Gasteiger charge is 2.54. The van der Waals surface area contributed by atoms with E-state index in [2.05, 4.69) is 15.5 Å². The standard InChI is InChI=1S/C19H17N5O7S3/c1-30-23-11(9-7-34-19(20)21-9)14(25)22-12-15(26)24-13(17(27)28)8(5-32-16(12)24)6-33-18(29)10-3-2-4-31-10/h2-4,7,12,16H,5-6H2,1H3,(H2,20,21)(H,22,25)(H,27,28)/b23-11-/t12?,16-/m0/s1. The summed E-state index contributed by atoms with van der Waals surface area (Å²) in [7, 11) is 1.26. The van der Waals surface area contributed by atoms with Gasteiger partial charge in [0.05, 0.1) is 6.26 Å². The number of anilines is 1. The van der Waals surface area contributed by atoms with Gasteiger partial charge in [-0.05, 0) is 17.7 Å². The van der Waals surface area contributed by atoms with Crippen LogP contribution in [0.2, 0.25) is 0 Å². The molecular weight excluding hydrogens is 506 g/mol. The second-order valence-electron chi connectivity index (χ2n) is 6.87. The third-order valence-electron chi connectivity index (χ3n) is 4.80. The zero-order valence-corrected chi connectivity index (χ0v) is 19.9. The first-order chi connectivity index (χ1) is 16.3. The lowest BCUT2D eigenvalue weighted by Crippen LogP contribution is -2.71. The molecule has 2 aliphatic heterocycles. The Morgan fingerprint density at radius 2 is 2.26 bits per heavy atom. The van der Waals surface area contributed by atoms with Crippen molar-refractivity contribution in [2.75, 3.05) is 24.3 Å². The van der Waals surface area contributed by atoms with Gasteiger partial charge >= 0.3 is 5.97 Å². The van der Waals surface area contributed by atoms with E-state index in [0.29, 0.717) is 5.57 Å². The van der Waals surface area contributed by atoms with Gasteiger partial charge < -0.3 is 25.4 Å². The van der Waals surface area contributed by atoms with Crippen LogP contribution in [0.1, 0.15) is 16.2 Å². The average Bonchev–Trinajstić information content (AvgIpc) is 3.50. The van der Waals surface area contributed by atoms with Gasteiger partial charge in [0.15, 0.2) is 16.6 Å². The van der Waals surface area contributed by atoms with Crippen molar-refractivity contribution in [2.24, 2.45) is 5.16 Å². The summed E-state index contributed by atoms with van der Waals surface area (Å²) in [5.74, 6) is -2.08. The van der Waals surface area contributed by atoms with E-state index in [1.165, 1.54) is 36.6 Å². The van der Waals surface area contributed by atoms with E-state index in [4.69, 9.17) is 15.0 Å². The van der Waals surface area contributed by atoms with E-state index >= 15 is 0 Å². The molecule has 15 heteroatoms. The Hall–Kier alpha value is -3.30. The minimum absolute atomic E-state index is 0.0809. The van der Waals surface area contributed by atoms with Crippen molar-refractivity contribution in [3.05, 3.63) is 46.5 Å². The highest BCUT2D eigenvalue weighted by molar-refractivity contribution is 8.14. The summed E-state index contributed by atoms with van der Waals surface area (Å²) < 4.78 is 5.05. The molecule has 4 heterocycles. The molecular formula is C19H17N5O7S3. The molecule has 2 aromatic rings. The number of carbonyl (C=O) groups excluding carboxylic acids is 3. The Bertz CT molecular complexity index is 1210. The molecule has 178 valence electrons. The summed E-state index contributed by atoms with van der Waals surface area (Å²) in [6.07, 6.45) is 1.37. The summed E-state index contributed by atoms with van der Waals surface area (Å²) in [4.78, 5) is 59.6. The topological polar surface area (TPSA) is 177 Å². The number of nitrogens with one attached hydrogen (secondary N) is 1. The highest BCUT2D eigenvalue weighted by atomic mass is 32.2. The fourth-order valence-corrected chi connectivity index (χ4v) is 6.14. The first-order valence-electron chi connectivity index (χ1n) is 9.55. The number of carboxylic acid groups (broad SMARTS) is 1. The van der Waals surface area contributed by atoms with Crippen LogP contribution in [0, 0.1) is 0 Å². The number of amides is 2. The molecule has 2 atom stereocenters. The largest absolute Gasteiger partial charge is 0.477 e. The number of carbonyl (C=O) groups is 4. The Labute approximate surface area is 204 Å². The minimum Gasteiger partial charge on any atom is -0.477 e. The van der Waals surface area contributed by atoms with Crippen LogP contribution in [-0.4, -0.2) is 73.6 Å². The molecule has 2 amide bonds. The van der Waals surface area contributed by atoms with Gasteiger partial charge in [-0.1, -0.05) is 16.9 Å². The number of thioether (sulfide) groups is 2. The van der Waals surface area contributed by atoms with E-state index in [1.54, 1.807) is 6.07 Å². The molecule has 1 saturated heterocycles. The first kappa shape index (κ1) is 23.8. The number of rotatable bonds is 8. The second-order valence-corrected chi connectivity index (χ2v) is 9.81. The van der Waals surface area contributed by atoms with Crippen LogP contribution in [0.4, 0.5) is 5.13 Å². The van der Waals surface area contributed by atoms with Crippen molar-refractivity contribution in [3.63, 3.8) is 0 Å². The molecule has 0 aliphatic carbocycles. The lowest BCUT2D eigenvalue weighted by molar-refractivity contribution is -0.150. The van der Waals surface area contributed by atoms with Gasteiger partial charge in [-0.3, -0.25) is 19.3 Å². The number of aromatic nitrogens is 1. The van der Waals surface area contributed by atoms with Crippen molar-refractivity contribution in [3.8, 4) is 0 Å². The average molecular weight is 524 g/mol. The number of aliphatic carboxylic acids is 1. The molecule has 2 aromatic heterocycles. The summed E-state index contributed by atoms with van der Waals surface area (Å²) in [6, 6.07) is 2.13. The van der Waals surface area contributed by atoms with Crippen molar-refractivity contribution < 1.29 is 33.5 Å². The van der Waals surface area contributed by atoms with Crippen LogP contribution in [0.5, 0.6) is 0 Å². The predicted octanol–water partition coefficient (Wildman–Crippen LogP) is 0.981. The number of oxime groups is 1. The number of nitrogen functional groups attached to an aromatic ring is 1. The first-order valence-corrected chi connectivity index (χ1v) is 12.5. The van der Waals surface area contributed by atoms with E-state index in [0.717, 1.165) is 28.0 Å². The second kappa shape index (κ2) is 9.90. The van der Waals surface area contributed by atoms with Crippen molar-refractivity contribution >= 4 is 68.6 Å². The van der Waals surface area contributed by atoms with Crippen LogP contribution < -0.4 is 11.1 Å². The van der Waals surface area contributed by atoms with Crippen LogP contribution >= 0.6 is 34.9 Å². The predicted molar refractivity (Wildman–Crippen MR) is 125 cm³/mol. The van der Waals surface area contributed by atoms with Gasteiger partial charge in [0, 0.05) is 16.9 Å².